The molecule has 3 nitrogen and oxygen atoms in total. The van der Waals surface area contributed by atoms with Gasteiger partial charge in [-0.1, -0.05) is 13.8 Å². The molecule has 1 saturated carbocycles. The maximum Gasteiger partial charge on any atom is 0.236 e. The molecule has 0 aromatic carbocycles. The van der Waals surface area contributed by atoms with Crippen LogP contribution in [0.4, 0.5) is 0 Å². The second-order valence-electron chi connectivity index (χ2n) is 5.49. The molecule has 2 rings (SSSR count). The number of likely N-dealkylation sites (tertiary alicyclic amines) is 1. The molecule has 16 heavy (non-hydrogen) atoms. The summed E-state index contributed by atoms with van der Waals surface area (Å²) in [6, 6.07) is 0.557. The van der Waals surface area contributed by atoms with Crippen LogP contribution >= 0.6 is 0 Å². The first kappa shape index (κ1) is 11.9. The Hall–Kier alpha value is -0.570. The van der Waals surface area contributed by atoms with Gasteiger partial charge < -0.3 is 10.2 Å². The van der Waals surface area contributed by atoms with Gasteiger partial charge in [-0.2, -0.15) is 0 Å². The molecule has 3 heteroatoms. The molecule has 1 heterocycles. The minimum Gasteiger partial charge on any atom is -0.342 e. The van der Waals surface area contributed by atoms with E-state index in [-0.39, 0.29) is 0 Å². The fraction of sp³-hybridized carbons (Fsp3) is 0.923. The Bertz CT molecular complexity index is 248. The number of hydrogen-bond donors (Lipinski definition) is 1. The first-order valence-corrected chi connectivity index (χ1v) is 6.69. The highest BCUT2D eigenvalue weighted by molar-refractivity contribution is 5.78. The molecule has 1 aliphatic heterocycles. The lowest BCUT2D eigenvalue weighted by Crippen LogP contribution is -2.41. The first-order chi connectivity index (χ1) is 7.68. The van der Waals surface area contributed by atoms with E-state index < -0.39 is 0 Å². The Morgan fingerprint density at radius 2 is 1.94 bits per heavy atom. The number of rotatable bonds is 3. The quantitative estimate of drug-likeness (QED) is 0.790. The summed E-state index contributed by atoms with van der Waals surface area (Å²) in [6.07, 6.45) is 4.90. The highest BCUT2D eigenvalue weighted by Crippen LogP contribution is 2.30. The number of nitrogens with zero attached hydrogens (tertiary/aromatic N) is 1. The third kappa shape index (κ3) is 2.57. The highest BCUT2D eigenvalue weighted by Gasteiger charge is 2.30. The Morgan fingerprint density at radius 3 is 2.50 bits per heavy atom. The van der Waals surface area contributed by atoms with E-state index in [9.17, 15) is 4.79 Å². The van der Waals surface area contributed by atoms with Crippen LogP contribution in [0.1, 0.15) is 39.5 Å². The lowest BCUT2D eigenvalue weighted by molar-refractivity contribution is -0.129. The van der Waals surface area contributed by atoms with Crippen molar-refractivity contribution in [3.8, 4) is 0 Å². The molecule has 0 aromatic heterocycles. The average Bonchev–Trinajstić information content (AvgIpc) is 2.89. The van der Waals surface area contributed by atoms with Gasteiger partial charge >= 0.3 is 0 Å². The van der Waals surface area contributed by atoms with Gasteiger partial charge in [-0.3, -0.25) is 4.79 Å². The van der Waals surface area contributed by atoms with E-state index in [0.717, 1.165) is 19.0 Å². The Kier molecular flexibility index (Phi) is 3.85. The third-order valence-electron chi connectivity index (χ3n) is 4.44. The summed E-state index contributed by atoms with van der Waals surface area (Å²) in [5.74, 6) is 1.81. The molecular weight excluding hydrogens is 200 g/mol. The standard InChI is InChI=1S/C13H24N2O/c1-10-5-6-12(11(10)2)14-9-13(16)15-7-3-4-8-15/h10-12,14H,3-9H2,1-2H3. The number of amides is 1. The molecule has 2 fully saturated rings. The van der Waals surface area contributed by atoms with E-state index in [0.29, 0.717) is 24.4 Å². The van der Waals surface area contributed by atoms with Gasteiger partial charge in [0, 0.05) is 19.1 Å². The van der Waals surface area contributed by atoms with Crippen molar-refractivity contribution < 1.29 is 4.79 Å². The normalized spacial score (nSPS) is 34.6. The number of carbonyl (C=O) groups excluding carboxylic acids is 1. The third-order valence-corrected chi connectivity index (χ3v) is 4.44. The van der Waals surface area contributed by atoms with Crippen molar-refractivity contribution in [2.24, 2.45) is 11.8 Å². The summed E-state index contributed by atoms with van der Waals surface area (Å²) in [5, 5.41) is 3.45. The monoisotopic (exact) mass is 224 g/mol. The van der Waals surface area contributed by atoms with E-state index in [1.807, 2.05) is 4.90 Å². The van der Waals surface area contributed by atoms with E-state index in [4.69, 9.17) is 0 Å². The molecule has 0 bridgehead atoms. The molecule has 0 radical (unpaired) electrons. The lowest BCUT2D eigenvalue weighted by Gasteiger charge is -2.21. The topological polar surface area (TPSA) is 32.3 Å². The minimum atomic E-state index is 0.296. The van der Waals surface area contributed by atoms with Gasteiger partial charge in [-0.25, -0.2) is 0 Å². The van der Waals surface area contributed by atoms with Crippen LogP contribution in [0.5, 0.6) is 0 Å². The zero-order valence-electron chi connectivity index (χ0n) is 10.5. The Labute approximate surface area is 98.6 Å². The molecule has 0 aromatic rings. The van der Waals surface area contributed by atoms with Crippen LogP contribution in [0.2, 0.25) is 0 Å². The summed E-state index contributed by atoms with van der Waals surface area (Å²) in [4.78, 5) is 13.8. The van der Waals surface area contributed by atoms with Gasteiger partial charge in [-0.15, -0.1) is 0 Å². The van der Waals surface area contributed by atoms with Crippen LogP contribution in [0.15, 0.2) is 0 Å². The minimum absolute atomic E-state index is 0.296. The van der Waals surface area contributed by atoms with Crippen LogP contribution in [0, 0.1) is 11.8 Å². The molecule has 3 atom stereocenters. The SMILES string of the molecule is CC1CCC(NCC(=O)N2CCCC2)C1C. The summed E-state index contributed by atoms with van der Waals surface area (Å²) in [6.45, 7) is 7.10. The fourth-order valence-corrected chi connectivity index (χ4v) is 2.95. The van der Waals surface area contributed by atoms with Crippen LogP contribution in [-0.4, -0.2) is 36.5 Å². The van der Waals surface area contributed by atoms with E-state index in [1.54, 1.807) is 0 Å². The zero-order valence-corrected chi connectivity index (χ0v) is 10.5. The number of nitrogens with one attached hydrogen (secondary N) is 1. The molecule has 1 saturated heterocycles. The summed E-state index contributed by atoms with van der Waals surface area (Å²) < 4.78 is 0. The largest absolute Gasteiger partial charge is 0.342 e. The maximum atomic E-state index is 11.9. The molecule has 1 N–H and O–H groups in total. The van der Waals surface area contributed by atoms with Gasteiger partial charge in [0.25, 0.3) is 0 Å². The van der Waals surface area contributed by atoms with Crippen molar-refractivity contribution in [3.63, 3.8) is 0 Å². The molecule has 3 unspecified atom stereocenters. The van der Waals surface area contributed by atoms with Crippen molar-refractivity contribution in [1.29, 1.82) is 0 Å². The number of carbonyl (C=O) groups is 1. The molecular formula is C13H24N2O. The average molecular weight is 224 g/mol. The number of hydrogen-bond acceptors (Lipinski definition) is 2. The highest BCUT2D eigenvalue weighted by atomic mass is 16.2. The van der Waals surface area contributed by atoms with Crippen molar-refractivity contribution in [2.45, 2.75) is 45.6 Å². The zero-order chi connectivity index (χ0) is 11.5. The van der Waals surface area contributed by atoms with Gasteiger partial charge in [0.1, 0.15) is 0 Å². The van der Waals surface area contributed by atoms with Gasteiger partial charge in [0.05, 0.1) is 6.54 Å². The predicted octanol–water partition coefficient (Wildman–Crippen LogP) is 1.63. The van der Waals surface area contributed by atoms with Gasteiger partial charge in [0.2, 0.25) is 5.91 Å². The van der Waals surface area contributed by atoms with E-state index in [2.05, 4.69) is 19.2 Å². The van der Waals surface area contributed by atoms with Crippen LogP contribution in [-0.2, 0) is 4.79 Å². The molecule has 1 amide bonds. The summed E-state index contributed by atoms with van der Waals surface area (Å²) in [7, 11) is 0. The molecule has 2 aliphatic rings. The first-order valence-electron chi connectivity index (χ1n) is 6.69. The van der Waals surface area contributed by atoms with Gasteiger partial charge in [-0.05, 0) is 37.5 Å². The second-order valence-corrected chi connectivity index (χ2v) is 5.49. The van der Waals surface area contributed by atoms with E-state index in [1.165, 1.54) is 25.7 Å². The Morgan fingerprint density at radius 1 is 1.25 bits per heavy atom. The van der Waals surface area contributed by atoms with Crippen molar-refractivity contribution in [3.05, 3.63) is 0 Å². The van der Waals surface area contributed by atoms with E-state index >= 15 is 0 Å². The summed E-state index contributed by atoms with van der Waals surface area (Å²) >= 11 is 0. The van der Waals surface area contributed by atoms with Gasteiger partial charge in [0.15, 0.2) is 0 Å². The molecule has 1 aliphatic carbocycles. The smallest absolute Gasteiger partial charge is 0.236 e. The van der Waals surface area contributed by atoms with Crippen LogP contribution in [0.3, 0.4) is 0 Å². The predicted molar refractivity (Wildman–Crippen MR) is 65.2 cm³/mol. The lowest BCUT2D eigenvalue weighted by atomic mass is 9.98. The van der Waals surface area contributed by atoms with Crippen LogP contribution in [0.25, 0.3) is 0 Å². The Balaban J connectivity index is 1.72. The molecule has 92 valence electrons. The van der Waals surface area contributed by atoms with Crippen LogP contribution < -0.4 is 5.32 Å². The van der Waals surface area contributed by atoms with Crippen molar-refractivity contribution >= 4 is 5.91 Å². The second kappa shape index (κ2) is 5.17. The van der Waals surface area contributed by atoms with Crippen molar-refractivity contribution in [2.75, 3.05) is 19.6 Å². The molecule has 0 spiro atoms. The fourth-order valence-electron chi connectivity index (χ4n) is 2.95. The maximum absolute atomic E-state index is 11.9. The van der Waals surface area contributed by atoms with Crippen molar-refractivity contribution in [1.82, 2.24) is 10.2 Å². The summed E-state index contributed by atoms with van der Waals surface area (Å²) in [5.41, 5.74) is 0.